The number of aromatic nitrogens is 1. The third-order valence-electron chi connectivity index (χ3n) is 2.26. The van der Waals surface area contributed by atoms with Gasteiger partial charge in [0.2, 0.25) is 5.95 Å². The van der Waals surface area contributed by atoms with Gasteiger partial charge < -0.3 is 10.1 Å². The zero-order valence-corrected chi connectivity index (χ0v) is 7.87. The van der Waals surface area contributed by atoms with E-state index in [2.05, 4.69) is 10.3 Å². The summed E-state index contributed by atoms with van der Waals surface area (Å²) in [5.41, 5.74) is 0.771. The SMILES string of the molecule is Fc1cc(NC2CCCOC2)ccn1. The predicted octanol–water partition coefficient (Wildman–Crippen LogP) is 1.81. The van der Waals surface area contributed by atoms with Gasteiger partial charge in [-0.05, 0) is 18.9 Å². The number of anilines is 1. The van der Waals surface area contributed by atoms with Crippen LogP contribution in [-0.2, 0) is 4.74 Å². The van der Waals surface area contributed by atoms with Crippen molar-refractivity contribution in [3.63, 3.8) is 0 Å². The van der Waals surface area contributed by atoms with Crippen LogP contribution in [0.25, 0.3) is 0 Å². The summed E-state index contributed by atoms with van der Waals surface area (Å²) in [5.74, 6) is -0.452. The number of ether oxygens (including phenoxy) is 1. The third-order valence-corrected chi connectivity index (χ3v) is 2.26. The molecule has 0 aromatic carbocycles. The Morgan fingerprint density at radius 2 is 2.50 bits per heavy atom. The fourth-order valence-electron chi connectivity index (χ4n) is 1.58. The highest BCUT2D eigenvalue weighted by molar-refractivity contribution is 5.42. The standard InChI is InChI=1S/C10H13FN2O/c11-10-6-8(3-4-12-10)13-9-2-1-5-14-7-9/h3-4,6,9H,1-2,5,7H2,(H,12,13). The second-order valence-electron chi connectivity index (χ2n) is 3.43. The van der Waals surface area contributed by atoms with E-state index < -0.39 is 5.95 Å². The molecule has 1 atom stereocenters. The lowest BCUT2D eigenvalue weighted by atomic mass is 10.1. The lowest BCUT2D eigenvalue weighted by molar-refractivity contribution is 0.0876. The van der Waals surface area contributed by atoms with Crippen molar-refractivity contribution < 1.29 is 9.13 Å². The van der Waals surface area contributed by atoms with Crippen LogP contribution in [0.15, 0.2) is 18.3 Å². The van der Waals surface area contributed by atoms with Crippen LogP contribution in [0.1, 0.15) is 12.8 Å². The molecule has 1 aromatic rings. The van der Waals surface area contributed by atoms with Crippen molar-refractivity contribution in [2.24, 2.45) is 0 Å². The molecule has 1 aliphatic rings. The molecule has 0 aliphatic carbocycles. The van der Waals surface area contributed by atoms with Gasteiger partial charge in [-0.3, -0.25) is 0 Å². The molecule has 1 aromatic heterocycles. The molecule has 1 unspecified atom stereocenters. The summed E-state index contributed by atoms with van der Waals surface area (Å²) in [6, 6.07) is 3.46. The van der Waals surface area contributed by atoms with Crippen LogP contribution in [0.2, 0.25) is 0 Å². The maximum Gasteiger partial charge on any atom is 0.214 e. The van der Waals surface area contributed by atoms with Crippen LogP contribution in [0.4, 0.5) is 10.1 Å². The number of pyridine rings is 1. The van der Waals surface area contributed by atoms with Crippen LogP contribution < -0.4 is 5.32 Å². The Balaban J connectivity index is 1.95. The zero-order valence-electron chi connectivity index (χ0n) is 7.87. The van der Waals surface area contributed by atoms with Crippen LogP contribution >= 0.6 is 0 Å². The second-order valence-corrected chi connectivity index (χ2v) is 3.43. The monoisotopic (exact) mass is 196 g/mol. The fourth-order valence-corrected chi connectivity index (χ4v) is 1.58. The minimum atomic E-state index is -0.452. The number of hydrogen-bond donors (Lipinski definition) is 1. The van der Waals surface area contributed by atoms with E-state index in [1.54, 1.807) is 6.07 Å². The number of hydrogen-bond acceptors (Lipinski definition) is 3. The van der Waals surface area contributed by atoms with Gasteiger partial charge in [0.1, 0.15) is 0 Å². The largest absolute Gasteiger partial charge is 0.380 e. The van der Waals surface area contributed by atoms with E-state index in [4.69, 9.17) is 4.74 Å². The van der Waals surface area contributed by atoms with Crippen molar-refractivity contribution >= 4 is 5.69 Å². The summed E-state index contributed by atoms with van der Waals surface area (Å²) < 4.78 is 18.1. The number of nitrogens with zero attached hydrogens (tertiary/aromatic N) is 1. The molecule has 0 radical (unpaired) electrons. The molecule has 0 spiro atoms. The summed E-state index contributed by atoms with van der Waals surface area (Å²) in [6.07, 6.45) is 3.59. The summed E-state index contributed by atoms with van der Waals surface area (Å²) in [6.45, 7) is 1.53. The summed E-state index contributed by atoms with van der Waals surface area (Å²) in [4.78, 5) is 3.49. The molecule has 0 bridgehead atoms. The molecule has 0 saturated carbocycles. The van der Waals surface area contributed by atoms with Crippen LogP contribution in [0.5, 0.6) is 0 Å². The molecule has 1 saturated heterocycles. The Labute approximate surface area is 82.3 Å². The Kier molecular flexibility index (Phi) is 2.93. The molecule has 2 heterocycles. The number of halogens is 1. The van der Waals surface area contributed by atoms with E-state index in [-0.39, 0.29) is 0 Å². The van der Waals surface area contributed by atoms with Crippen LogP contribution in [-0.4, -0.2) is 24.2 Å². The first kappa shape index (κ1) is 9.40. The van der Waals surface area contributed by atoms with Crippen molar-refractivity contribution in [1.82, 2.24) is 4.98 Å². The van der Waals surface area contributed by atoms with Gasteiger partial charge in [-0.1, -0.05) is 0 Å². The molecule has 4 heteroatoms. The highest BCUT2D eigenvalue weighted by Crippen LogP contribution is 2.14. The molecule has 1 fully saturated rings. The minimum absolute atomic E-state index is 0.297. The topological polar surface area (TPSA) is 34.1 Å². The normalized spacial score (nSPS) is 21.9. The van der Waals surface area contributed by atoms with Gasteiger partial charge in [-0.2, -0.15) is 4.39 Å². The Hall–Kier alpha value is -1.16. The minimum Gasteiger partial charge on any atom is -0.380 e. The van der Waals surface area contributed by atoms with Gasteiger partial charge in [0, 0.05) is 30.6 Å². The molecular formula is C10H13FN2O. The molecule has 3 nitrogen and oxygen atoms in total. The van der Waals surface area contributed by atoms with E-state index in [1.807, 2.05) is 0 Å². The molecule has 0 amide bonds. The van der Waals surface area contributed by atoms with Crippen molar-refractivity contribution in [2.45, 2.75) is 18.9 Å². The zero-order chi connectivity index (χ0) is 9.80. The van der Waals surface area contributed by atoms with E-state index in [1.165, 1.54) is 12.3 Å². The Morgan fingerprint density at radius 3 is 3.21 bits per heavy atom. The van der Waals surface area contributed by atoms with Crippen molar-refractivity contribution in [3.8, 4) is 0 Å². The average molecular weight is 196 g/mol. The first-order valence-corrected chi connectivity index (χ1v) is 4.80. The van der Waals surface area contributed by atoms with Crippen LogP contribution in [0.3, 0.4) is 0 Å². The summed E-state index contributed by atoms with van der Waals surface area (Å²) >= 11 is 0. The van der Waals surface area contributed by atoms with E-state index in [0.717, 1.165) is 25.1 Å². The lowest BCUT2D eigenvalue weighted by Gasteiger charge is -2.23. The van der Waals surface area contributed by atoms with E-state index in [9.17, 15) is 4.39 Å². The summed E-state index contributed by atoms with van der Waals surface area (Å²) in [5, 5.41) is 3.22. The van der Waals surface area contributed by atoms with Gasteiger partial charge in [0.15, 0.2) is 0 Å². The Morgan fingerprint density at radius 1 is 1.57 bits per heavy atom. The first-order valence-electron chi connectivity index (χ1n) is 4.80. The maximum absolute atomic E-state index is 12.7. The molecule has 2 rings (SSSR count). The molecule has 1 N–H and O–H groups in total. The predicted molar refractivity (Wildman–Crippen MR) is 51.7 cm³/mol. The van der Waals surface area contributed by atoms with Crippen molar-refractivity contribution in [1.29, 1.82) is 0 Å². The number of nitrogens with one attached hydrogen (secondary N) is 1. The highest BCUT2D eigenvalue weighted by atomic mass is 19.1. The van der Waals surface area contributed by atoms with Gasteiger partial charge >= 0.3 is 0 Å². The average Bonchev–Trinajstić information content (AvgIpc) is 2.19. The van der Waals surface area contributed by atoms with Gasteiger partial charge in [-0.25, -0.2) is 4.98 Å². The smallest absolute Gasteiger partial charge is 0.214 e. The second kappa shape index (κ2) is 4.37. The number of rotatable bonds is 2. The third kappa shape index (κ3) is 2.42. The quantitative estimate of drug-likeness (QED) is 0.732. The van der Waals surface area contributed by atoms with Crippen molar-refractivity contribution in [2.75, 3.05) is 18.5 Å². The van der Waals surface area contributed by atoms with Crippen molar-refractivity contribution in [3.05, 3.63) is 24.3 Å². The Bertz CT molecular complexity index is 300. The van der Waals surface area contributed by atoms with Gasteiger partial charge in [0.05, 0.1) is 6.61 Å². The van der Waals surface area contributed by atoms with Gasteiger partial charge in [-0.15, -0.1) is 0 Å². The molecule has 76 valence electrons. The highest BCUT2D eigenvalue weighted by Gasteiger charge is 2.13. The van der Waals surface area contributed by atoms with Gasteiger partial charge in [0.25, 0.3) is 0 Å². The maximum atomic E-state index is 12.7. The van der Waals surface area contributed by atoms with Crippen LogP contribution in [0, 0.1) is 5.95 Å². The molecule has 14 heavy (non-hydrogen) atoms. The molecule has 1 aliphatic heterocycles. The fraction of sp³-hybridized carbons (Fsp3) is 0.500. The lowest BCUT2D eigenvalue weighted by Crippen LogP contribution is -2.29. The van der Waals surface area contributed by atoms with E-state index in [0.29, 0.717) is 12.6 Å². The summed E-state index contributed by atoms with van der Waals surface area (Å²) in [7, 11) is 0. The molecular weight excluding hydrogens is 183 g/mol. The first-order chi connectivity index (χ1) is 6.84. The van der Waals surface area contributed by atoms with E-state index >= 15 is 0 Å².